The van der Waals surface area contributed by atoms with Crippen LogP contribution in [-0.2, 0) is 4.74 Å². The molecule has 0 rings (SSSR count). The predicted octanol–water partition coefficient (Wildman–Crippen LogP) is 3.67. The van der Waals surface area contributed by atoms with E-state index in [9.17, 15) is 4.79 Å². The maximum absolute atomic E-state index is 11.3. The van der Waals surface area contributed by atoms with Crippen LogP contribution in [0.15, 0.2) is 24.3 Å². The Balaban J connectivity index is 3.82. The van der Waals surface area contributed by atoms with Crippen LogP contribution in [0.25, 0.3) is 0 Å². The molecule has 17 heavy (non-hydrogen) atoms. The van der Waals surface area contributed by atoms with Gasteiger partial charge in [0.05, 0.1) is 0 Å². The summed E-state index contributed by atoms with van der Waals surface area (Å²) in [6.07, 6.45) is 7.50. The van der Waals surface area contributed by atoms with Gasteiger partial charge in [-0.15, -0.1) is 0 Å². The van der Waals surface area contributed by atoms with Crippen molar-refractivity contribution in [1.82, 2.24) is 5.32 Å². The summed E-state index contributed by atoms with van der Waals surface area (Å²) in [5.41, 5.74) is -0.261. The molecule has 0 radical (unpaired) electrons. The number of nitrogens with one attached hydrogen (secondary N) is 1. The van der Waals surface area contributed by atoms with Gasteiger partial charge < -0.3 is 10.1 Å². The summed E-state index contributed by atoms with van der Waals surface area (Å²) >= 11 is 0. The molecule has 0 aromatic carbocycles. The summed E-state index contributed by atoms with van der Waals surface area (Å²) in [6.45, 7) is 12.4. The van der Waals surface area contributed by atoms with E-state index in [1.165, 1.54) is 0 Å². The summed E-state index contributed by atoms with van der Waals surface area (Å²) in [4.78, 5) is 11.3. The first kappa shape index (κ1) is 15.8. The Kier molecular flexibility index (Phi) is 6.00. The summed E-state index contributed by atoms with van der Waals surface area (Å²) in [5, 5.41) is 2.65. The highest BCUT2D eigenvalue weighted by Crippen LogP contribution is 2.14. The van der Waals surface area contributed by atoms with Crippen molar-refractivity contribution in [3.8, 4) is 0 Å². The zero-order valence-corrected chi connectivity index (χ0v) is 11.8. The molecule has 0 saturated heterocycles. The molecule has 3 nitrogen and oxygen atoms in total. The number of allylic oxidation sites excluding steroid dienone is 3. The molecule has 0 bridgehead atoms. The molecule has 0 aliphatic rings. The van der Waals surface area contributed by atoms with Crippen molar-refractivity contribution in [2.45, 2.75) is 47.1 Å². The third-order valence-electron chi connectivity index (χ3n) is 1.61. The molecular weight excluding hydrogens is 214 g/mol. The molecule has 1 N–H and O–H groups in total. The number of amides is 1. The molecule has 0 aromatic heterocycles. The van der Waals surface area contributed by atoms with Gasteiger partial charge in [0.15, 0.2) is 0 Å². The monoisotopic (exact) mass is 239 g/mol. The lowest BCUT2D eigenvalue weighted by Gasteiger charge is -2.19. The molecule has 0 saturated carbocycles. The third-order valence-corrected chi connectivity index (χ3v) is 1.61. The fourth-order valence-corrected chi connectivity index (χ4v) is 0.947. The van der Waals surface area contributed by atoms with Crippen molar-refractivity contribution >= 4 is 6.09 Å². The summed E-state index contributed by atoms with van der Waals surface area (Å²) < 4.78 is 5.10. The van der Waals surface area contributed by atoms with Crippen LogP contribution in [0.3, 0.4) is 0 Å². The second kappa shape index (κ2) is 6.48. The zero-order valence-electron chi connectivity index (χ0n) is 11.8. The average Bonchev–Trinajstić information content (AvgIpc) is 2.06. The second-order valence-electron chi connectivity index (χ2n) is 6.04. The predicted molar refractivity (Wildman–Crippen MR) is 72.0 cm³/mol. The van der Waals surface area contributed by atoms with Gasteiger partial charge in [0.1, 0.15) is 5.60 Å². The van der Waals surface area contributed by atoms with E-state index in [1.54, 1.807) is 0 Å². The molecule has 0 aliphatic carbocycles. The summed E-state index contributed by atoms with van der Waals surface area (Å²) in [6, 6.07) is 0. The largest absolute Gasteiger partial charge is 0.444 e. The minimum absolute atomic E-state index is 0.183. The van der Waals surface area contributed by atoms with Gasteiger partial charge in [-0.1, -0.05) is 45.1 Å². The van der Waals surface area contributed by atoms with Crippen LogP contribution in [-0.4, -0.2) is 18.2 Å². The van der Waals surface area contributed by atoms with Crippen molar-refractivity contribution in [3.63, 3.8) is 0 Å². The minimum atomic E-state index is -0.445. The number of hydrogen-bond donors (Lipinski definition) is 1. The van der Waals surface area contributed by atoms with E-state index in [2.05, 4.69) is 32.2 Å². The van der Waals surface area contributed by atoms with Crippen molar-refractivity contribution in [2.24, 2.45) is 5.41 Å². The van der Waals surface area contributed by atoms with Gasteiger partial charge in [-0.25, -0.2) is 4.79 Å². The Bertz CT molecular complexity index is 290. The quantitative estimate of drug-likeness (QED) is 0.763. The van der Waals surface area contributed by atoms with Gasteiger partial charge in [-0.05, 0) is 26.2 Å². The van der Waals surface area contributed by atoms with Crippen LogP contribution < -0.4 is 5.32 Å². The third kappa shape index (κ3) is 12.7. The first-order chi connectivity index (χ1) is 7.60. The average molecular weight is 239 g/mol. The lowest BCUT2D eigenvalue weighted by molar-refractivity contribution is 0.0534. The van der Waals surface area contributed by atoms with E-state index in [0.717, 1.165) is 0 Å². The molecule has 0 spiro atoms. The fraction of sp³-hybridized carbons (Fsp3) is 0.643. The number of ether oxygens (including phenoxy) is 1. The fourth-order valence-electron chi connectivity index (χ4n) is 0.947. The van der Waals surface area contributed by atoms with Gasteiger partial charge in [0.25, 0.3) is 0 Å². The van der Waals surface area contributed by atoms with Crippen molar-refractivity contribution in [1.29, 1.82) is 0 Å². The number of alkyl carbamates (subject to hydrolysis) is 1. The van der Waals surface area contributed by atoms with Gasteiger partial charge in [0, 0.05) is 6.54 Å². The van der Waals surface area contributed by atoms with Crippen LogP contribution in [0.2, 0.25) is 0 Å². The second-order valence-corrected chi connectivity index (χ2v) is 6.04. The van der Waals surface area contributed by atoms with Crippen molar-refractivity contribution in [3.05, 3.63) is 24.3 Å². The van der Waals surface area contributed by atoms with E-state index < -0.39 is 5.60 Å². The Morgan fingerprint density at radius 2 is 1.71 bits per heavy atom. The number of hydrogen-bond acceptors (Lipinski definition) is 2. The Morgan fingerprint density at radius 3 is 2.18 bits per heavy atom. The molecule has 1 amide bonds. The smallest absolute Gasteiger partial charge is 0.407 e. The number of carbonyl (C=O) groups excluding carboxylic acids is 1. The molecule has 0 heterocycles. The number of rotatable bonds is 3. The Labute approximate surface area is 105 Å². The maximum Gasteiger partial charge on any atom is 0.407 e. The lowest BCUT2D eigenvalue weighted by atomic mass is 9.96. The molecule has 0 aliphatic heterocycles. The molecular formula is C14H25NO2. The van der Waals surface area contributed by atoms with Crippen molar-refractivity contribution < 1.29 is 9.53 Å². The van der Waals surface area contributed by atoms with Crippen LogP contribution in [0.1, 0.15) is 41.5 Å². The molecule has 3 heteroatoms. The molecule has 0 unspecified atom stereocenters. The Morgan fingerprint density at radius 1 is 1.12 bits per heavy atom. The SMILES string of the molecule is CC(C)(C)/C=C/C=C/CNC(=O)OC(C)(C)C. The molecule has 98 valence electrons. The van der Waals surface area contributed by atoms with Gasteiger partial charge in [-0.2, -0.15) is 0 Å². The maximum atomic E-state index is 11.3. The van der Waals surface area contributed by atoms with Crippen LogP contribution in [0, 0.1) is 5.41 Å². The van der Waals surface area contributed by atoms with E-state index in [1.807, 2.05) is 39.0 Å². The first-order valence-corrected chi connectivity index (χ1v) is 5.91. The standard InChI is InChI=1S/C14H25NO2/c1-13(2,3)10-8-7-9-11-15-12(16)17-14(4,5)6/h7-10H,11H2,1-6H3,(H,15,16)/b9-7+,10-8+. The minimum Gasteiger partial charge on any atom is -0.444 e. The Hall–Kier alpha value is -1.25. The van der Waals surface area contributed by atoms with Crippen LogP contribution in [0.4, 0.5) is 4.79 Å². The van der Waals surface area contributed by atoms with Gasteiger partial charge in [-0.3, -0.25) is 0 Å². The highest BCUT2D eigenvalue weighted by Gasteiger charge is 2.14. The highest BCUT2D eigenvalue weighted by atomic mass is 16.6. The topological polar surface area (TPSA) is 38.3 Å². The lowest BCUT2D eigenvalue weighted by Crippen LogP contribution is -2.32. The zero-order chi connectivity index (χ0) is 13.5. The number of carbonyl (C=O) groups is 1. The normalized spacial score (nSPS) is 13.3. The molecule has 0 fully saturated rings. The summed E-state index contributed by atoms with van der Waals surface area (Å²) in [5.74, 6) is 0. The first-order valence-electron chi connectivity index (χ1n) is 5.91. The summed E-state index contributed by atoms with van der Waals surface area (Å²) in [7, 11) is 0. The van der Waals surface area contributed by atoms with E-state index in [0.29, 0.717) is 6.54 Å². The van der Waals surface area contributed by atoms with Crippen LogP contribution in [0.5, 0.6) is 0 Å². The molecule has 0 aromatic rings. The van der Waals surface area contributed by atoms with Gasteiger partial charge >= 0.3 is 6.09 Å². The van der Waals surface area contributed by atoms with E-state index >= 15 is 0 Å². The van der Waals surface area contributed by atoms with E-state index in [-0.39, 0.29) is 11.5 Å². The van der Waals surface area contributed by atoms with E-state index in [4.69, 9.17) is 4.74 Å². The highest BCUT2D eigenvalue weighted by molar-refractivity contribution is 5.67. The van der Waals surface area contributed by atoms with Crippen molar-refractivity contribution in [2.75, 3.05) is 6.54 Å². The van der Waals surface area contributed by atoms with Gasteiger partial charge in [0.2, 0.25) is 0 Å². The molecule has 0 atom stereocenters. The van der Waals surface area contributed by atoms with Crippen LogP contribution >= 0.6 is 0 Å².